The topological polar surface area (TPSA) is 44.5 Å². The summed E-state index contributed by atoms with van der Waals surface area (Å²) in [7, 11) is 4.30. The summed E-state index contributed by atoms with van der Waals surface area (Å²) in [5.74, 6) is 0. The summed E-state index contributed by atoms with van der Waals surface area (Å²) in [6.07, 6.45) is 7.33. The standard InChI is InChI=1S/C16H30N4O/c1-14-15(13-20(17-14)10-11-21)12-19-8-5-4-6-16(19)7-9-18(2)3/h13,16,21H,4-12H2,1-3H3/t16-/m0/s1. The van der Waals surface area contributed by atoms with Crippen molar-refractivity contribution in [3.63, 3.8) is 0 Å². The fourth-order valence-electron chi connectivity index (χ4n) is 3.15. The van der Waals surface area contributed by atoms with Crippen LogP contribution < -0.4 is 0 Å². The molecule has 2 rings (SSSR count). The Balaban J connectivity index is 1.97. The number of rotatable bonds is 7. The van der Waals surface area contributed by atoms with E-state index in [-0.39, 0.29) is 6.61 Å². The highest BCUT2D eigenvalue weighted by atomic mass is 16.3. The maximum atomic E-state index is 9.03. The first kappa shape index (κ1) is 16.5. The van der Waals surface area contributed by atoms with Crippen LogP contribution in [0.15, 0.2) is 6.20 Å². The van der Waals surface area contributed by atoms with E-state index in [4.69, 9.17) is 5.11 Å². The molecule has 1 atom stereocenters. The van der Waals surface area contributed by atoms with E-state index in [1.807, 2.05) is 4.68 Å². The summed E-state index contributed by atoms with van der Waals surface area (Å²) in [5, 5.41) is 13.5. The minimum atomic E-state index is 0.149. The van der Waals surface area contributed by atoms with Gasteiger partial charge in [-0.1, -0.05) is 6.42 Å². The molecule has 1 aromatic rings. The van der Waals surface area contributed by atoms with Crippen LogP contribution in [0.3, 0.4) is 0 Å². The number of aliphatic hydroxyl groups excluding tert-OH is 1. The Morgan fingerprint density at radius 2 is 2.19 bits per heavy atom. The highest BCUT2D eigenvalue weighted by Crippen LogP contribution is 2.23. The number of nitrogens with zero attached hydrogens (tertiary/aromatic N) is 4. The van der Waals surface area contributed by atoms with Gasteiger partial charge in [-0.05, 0) is 53.4 Å². The predicted molar refractivity (Wildman–Crippen MR) is 85.3 cm³/mol. The highest BCUT2D eigenvalue weighted by molar-refractivity contribution is 5.15. The molecule has 5 nitrogen and oxygen atoms in total. The summed E-state index contributed by atoms with van der Waals surface area (Å²) >= 11 is 0. The lowest BCUT2D eigenvalue weighted by Gasteiger charge is -2.36. The van der Waals surface area contributed by atoms with Gasteiger partial charge in [0, 0.05) is 24.3 Å². The molecule has 1 aliphatic heterocycles. The van der Waals surface area contributed by atoms with Gasteiger partial charge < -0.3 is 10.0 Å². The zero-order valence-electron chi connectivity index (χ0n) is 13.8. The Hall–Kier alpha value is -0.910. The maximum absolute atomic E-state index is 9.03. The van der Waals surface area contributed by atoms with E-state index < -0.39 is 0 Å². The lowest BCUT2D eigenvalue weighted by atomic mass is 9.98. The minimum Gasteiger partial charge on any atom is -0.394 e. The molecule has 5 heteroatoms. The Morgan fingerprint density at radius 1 is 1.38 bits per heavy atom. The quantitative estimate of drug-likeness (QED) is 0.827. The van der Waals surface area contributed by atoms with Gasteiger partial charge in [-0.2, -0.15) is 5.10 Å². The van der Waals surface area contributed by atoms with Crippen molar-refractivity contribution < 1.29 is 5.11 Å². The van der Waals surface area contributed by atoms with E-state index in [1.165, 1.54) is 37.8 Å². The summed E-state index contributed by atoms with van der Waals surface area (Å²) in [6.45, 7) is 6.16. The number of aryl methyl sites for hydroxylation is 1. The molecule has 1 N–H and O–H groups in total. The number of aliphatic hydroxyl groups is 1. The Kier molecular flexibility index (Phi) is 6.21. The van der Waals surface area contributed by atoms with Crippen LogP contribution in [-0.4, -0.2) is 64.5 Å². The van der Waals surface area contributed by atoms with Crippen molar-refractivity contribution in [1.82, 2.24) is 19.6 Å². The van der Waals surface area contributed by atoms with Gasteiger partial charge in [-0.15, -0.1) is 0 Å². The minimum absolute atomic E-state index is 0.149. The van der Waals surface area contributed by atoms with Crippen molar-refractivity contribution in [2.24, 2.45) is 0 Å². The predicted octanol–water partition coefficient (Wildman–Crippen LogP) is 1.49. The van der Waals surface area contributed by atoms with Gasteiger partial charge in [-0.3, -0.25) is 9.58 Å². The fourth-order valence-corrected chi connectivity index (χ4v) is 3.15. The van der Waals surface area contributed by atoms with Crippen LogP contribution in [0.5, 0.6) is 0 Å². The Labute approximate surface area is 128 Å². The molecule has 0 saturated carbocycles. The number of likely N-dealkylation sites (tertiary alicyclic amines) is 1. The average Bonchev–Trinajstić information content (AvgIpc) is 2.78. The molecular formula is C16H30N4O. The first-order valence-electron chi connectivity index (χ1n) is 8.12. The molecule has 21 heavy (non-hydrogen) atoms. The molecule has 120 valence electrons. The van der Waals surface area contributed by atoms with Crippen LogP contribution in [-0.2, 0) is 13.1 Å². The molecule has 1 saturated heterocycles. The van der Waals surface area contributed by atoms with E-state index >= 15 is 0 Å². The Bertz CT molecular complexity index is 430. The van der Waals surface area contributed by atoms with Crippen molar-refractivity contribution in [1.29, 1.82) is 0 Å². The molecule has 0 unspecified atom stereocenters. The molecule has 0 aliphatic carbocycles. The molecule has 0 amide bonds. The smallest absolute Gasteiger partial charge is 0.0641 e. The monoisotopic (exact) mass is 294 g/mol. The largest absolute Gasteiger partial charge is 0.394 e. The SMILES string of the molecule is Cc1nn(CCO)cc1CN1CCCC[C@H]1CCN(C)C. The van der Waals surface area contributed by atoms with Crippen LogP contribution in [0, 0.1) is 6.92 Å². The van der Waals surface area contributed by atoms with Gasteiger partial charge in [0.2, 0.25) is 0 Å². The molecular weight excluding hydrogens is 264 g/mol. The van der Waals surface area contributed by atoms with Crippen molar-refractivity contribution in [3.8, 4) is 0 Å². The van der Waals surface area contributed by atoms with Crippen LogP contribution >= 0.6 is 0 Å². The lowest BCUT2D eigenvalue weighted by Crippen LogP contribution is -2.40. The first-order chi connectivity index (χ1) is 10.1. The number of piperidine rings is 1. The second-order valence-corrected chi connectivity index (χ2v) is 6.44. The van der Waals surface area contributed by atoms with E-state index in [0.29, 0.717) is 12.6 Å². The summed E-state index contributed by atoms with van der Waals surface area (Å²) in [5.41, 5.74) is 2.40. The van der Waals surface area contributed by atoms with Crippen LogP contribution in [0.25, 0.3) is 0 Å². The Morgan fingerprint density at radius 3 is 2.90 bits per heavy atom. The third-order valence-corrected chi connectivity index (χ3v) is 4.41. The van der Waals surface area contributed by atoms with Crippen molar-refractivity contribution >= 4 is 0 Å². The number of hydrogen-bond acceptors (Lipinski definition) is 4. The summed E-state index contributed by atoms with van der Waals surface area (Å²) in [4.78, 5) is 4.90. The molecule has 0 aromatic carbocycles. The zero-order valence-corrected chi connectivity index (χ0v) is 13.8. The summed E-state index contributed by atoms with van der Waals surface area (Å²) < 4.78 is 1.86. The molecule has 1 fully saturated rings. The normalized spacial score (nSPS) is 20.3. The molecule has 1 aliphatic rings. The van der Waals surface area contributed by atoms with E-state index in [0.717, 1.165) is 18.8 Å². The van der Waals surface area contributed by atoms with E-state index in [1.54, 1.807) is 0 Å². The third kappa shape index (κ3) is 4.80. The van der Waals surface area contributed by atoms with Gasteiger partial charge in [0.05, 0.1) is 18.8 Å². The fraction of sp³-hybridized carbons (Fsp3) is 0.812. The highest BCUT2D eigenvalue weighted by Gasteiger charge is 2.23. The molecule has 0 bridgehead atoms. The van der Waals surface area contributed by atoms with Crippen LogP contribution in [0.2, 0.25) is 0 Å². The second-order valence-electron chi connectivity index (χ2n) is 6.44. The van der Waals surface area contributed by atoms with Gasteiger partial charge in [-0.25, -0.2) is 0 Å². The van der Waals surface area contributed by atoms with E-state index in [2.05, 4.69) is 42.1 Å². The third-order valence-electron chi connectivity index (χ3n) is 4.41. The number of hydrogen-bond donors (Lipinski definition) is 1. The van der Waals surface area contributed by atoms with E-state index in [9.17, 15) is 0 Å². The van der Waals surface area contributed by atoms with Gasteiger partial charge in [0.1, 0.15) is 0 Å². The van der Waals surface area contributed by atoms with Crippen LogP contribution in [0.1, 0.15) is 36.9 Å². The second kappa shape index (κ2) is 7.92. The lowest BCUT2D eigenvalue weighted by molar-refractivity contribution is 0.124. The van der Waals surface area contributed by atoms with Gasteiger partial charge in [0.25, 0.3) is 0 Å². The first-order valence-corrected chi connectivity index (χ1v) is 8.12. The van der Waals surface area contributed by atoms with Gasteiger partial charge >= 0.3 is 0 Å². The van der Waals surface area contributed by atoms with Crippen LogP contribution in [0.4, 0.5) is 0 Å². The van der Waals surface area contributed by atoms with Crippen molar-refractivity contribution in [2.75, 3.05) is 33.8 Å². The van der Waals surface area contributed by atoms with Crippen molar-refractivity contribution in [2.45, 2.75) is 51.7 Å². The number of aromatic nitrogens is 2. The maximum Gasteiger partial charge on any atom is 0.0641 e. The molecule has 2 heterocycles. The summed E-state index contributed by atoms with van der Waals surface area (Å²) in [6, 6.07) is 0.696. The zero-order chi connectivity index (χ0) is 15.2. The van der Waals surface area contributed by atoms with Gasteiger partial charge in [0.15, 0.2) is 0 Å². The molecule has 0 radical (unpaired) electrons. The molecule has 1 aromatic heterocycles. The molecule has 0 spiro atoms. The average molecular weight is 294 g/mol. The van der Waals surface area contributed by atoms with Crippen molar-refractivity contribution in [3.05, 3.63) is 17.5 Å².